The Morgan fingerprint density at radius 3 is 2.29 bits per heavy atom. The van der Waals surface area contributed by atoms with E-state index in [1.165, 1.54) is 4.90 Å². The van der Waals surface area contributed by atoms with Crippen LogP contribution in [0.25, 0.3) is 0 Å². The fourth-order valence-corrected chi connectivity index (χ4v) is 1.07. The molecule has 4 nitrogen and oxygen atoms in total. The molecule has 0 rings (SSSR count). The van der Waals surface area contributed by atoms with Gasteiger partial charge < -0.3 is 9.64 Å². The fraction of sp³-hybridized carbons (Fsp3) is 0.800. The van der Waals surface area contributed by atoms with Crippen molar-refractivity contribution in [2.75, 3.05) is 19.7 Å². The first-order chi connectivity index (χ1) is 6.67. The first-order valence-corrected chi connectivity index (χ1v) is 5.13. The van der Waals surface area contributed by atoms with E-state index < -0.39 is 11.9 Å². The summed E-state index contributed by atoms with van der Waals surface area (Å²) in [4.78, 5) is 24.0. The van der Waals surface area contributed by atoms with Crippen LogP contribution in [0.2, 0.25) is 0 Å². The summed E-state index contributed by atoms with van der Waals surface area (Å²) < 4.78 is 4.64. The molecule has 0 heterocycles. The van der Waals surface area contributed by atoms with E-state index in [1.807, 2.05) is 13.8 Å². The molecule has 0 atom stereocenters. The highest BCUT2D eigenvalue weighted by molar-refractivity contribution is 6.32. The van der Waals surface area contributed by atoms with Gasteiger partial charge in [-0.05, 0) is 20.3 Å². The molecule has 1 amide bonds. The number of hydrogen-bond donors (Lipinski definition) is 0. The Balaban J connectivity index is 4.09. The third kappa shape index (κ3) is 4.25. The standard InChI is InChI=1S/C10H19NO3/c1-4-7-8-11(5-2)9(12)10(13)14-6-3/h4-8H2,1-3H3. The molecule has 0 aliphatic rings. The number of unbranched alkanes of at least 4 members (excludes halogenated alkanes) is 1. The smallest absolute Gasteiger partial charge is 0.397 e. The molecule has 0 aliphatic heterocycles. The fourth-order valence-electron chi connectivity index (χ4n) is 1.07. The summed E-state index contributed by atoms with van der Waals surface area (Å²) in [6.45, 7) is 7.02. The summed E-state index contributed by atoms with van der Waals surface area (Å²) in [5.74, 6) is -1.27. The summed E-state index contributed by atoms with van der Waals surface area (Å²) in [5, 5.41) is 0. The number of hydrogen-bond acceptors (Lipinski definition) is 3. The van der Waals surface area contributed by atoms with Crippen molar-refractivity contribution in [2.45, 2.75) is 33.6 Å². The lowest BCUT2D eigenvalue weighted by atomic mass is 10.3. The number of carbonyl (C=O) groups excluding carboxylic acids is 2. The lowest BCUT2D eigenvalue weighted by Crippen LogP contribution is -2.38. The van der Waals surface area contributed by atoms with Gasteiger partial charge in [0.2, 0.25) is 0 Å². The van der Waals surface area contributed by atoms with Crippen molar-refractivity contribution in [3.05, 3.63) is 0 Å². The summed E-state index contributed by atoms with van der Waals surface area (Å²) in [6, 6.07) is 0. The maximum absolute atomic E-state index is 11.4. The molecular formula is C10H19NO3. The highest BCUT2D eigenvalue weighted by atomic mass is 16.5. The number of ether oxygens (including phenoxy) is 1. The Hall–Kier alpha value is -1.06. The minimum Gasteiger partial charge on any atom is -0.459 e. The summed E-state index contributed by atoms with van der Waals surface area (Å²) in [6.07, 6.45) is 1.92. The quantitative estimate of drug-likeness (QED) is 0.496. The lowest BCUT2D eigenvalue weighted by Gasteiger charge is -2.18. The molecule has 0 saturated carbocycles. The van der Waals surface area contributed by atoms with Gasteiger partial charge in [0.25, 0.3) is 0 Å². The Kier molecular flexibility index (Phi) is 6.80. The summed E-state index contributed by atoms with van der Waals surface area (Å²) >= 11 is 0. The zero-order valence-electron chi connectivity index (χ0n) is 9.21. The van der Waals surface area contributed by atoms with Gasteiger partial charge in [-0.2, -0.15) is 0 Å². The van der Waals surface area contributed by atoms with E-state index >= 15 is 0 Å². The van der Waals surface area contributed by atoms with E-state index in [0.29, 0.717) is 13.1 Å². The average Bonchev–Trinajstić information content (AvgIpc) is 2.19. The highest BCUT2D eigenvalue weighted by Gasteiger charge is 2.20. The minimum absolute atomic E-state index is 0.246. The molecule has 0 radical (unpaired) electrons. The van der Waals surface area contributed by atoms with Gasteiger partial charge in [0.15, 0.2) is 0 Å². The minimum atomic E-state index is -0.745. The van der Waals surface area contributed by atoms with Crippen molar-refractivity contribution in [1.82, 2.24) is 4.90 Å². The van der Waals surface area contributed by atoms with Crippen LogP contribution in [0.4, 0.5) is 0 Å². The van der Waals surface area contributed by atoms with Crippen LogP contribution >= 0.6 is 0 Å². The largest absolute Gasteiger partial charge is 0.459 e. The molecule has 0 unspecified atom stereocenters. The molecular weight excluding hydrogens is 182 g/mol. The maximum atomic E-state index is 11.4. The van der Waals surface area contributed by atoms with E-state index in [4.69, 9.17) is 0 Å². The molecule has 14 heavy (non-hydrogen) atoms. The Labute approximate surface area is 85.2 Å². The van der Waals surface area contributed by atoms with Crippen LogP contribution in [0.3, 0.4) is 0 Å². The van der Waals surface area contributed by atoms with Gasteiger partial charge in [-0.3, -0.25) is 4.79 Å². The molecule has 0 saturated heterocycles. The first-order valence-electron chi connectivity index (χ1n) is 5.13. The van der Waals surface area contributed by atoms with Crippen LogP contribution in [0.1, 0.15) is 33.6 Å². The van der Waals surface area contributed by atoms with Gasteiger partial charge >= 0.3 is 11.9 Å². The molecule has 82 valence electrons. The number of amides is 1. The molecule has 0 spiro atoms. The number of nitrogens with zero attached hydrogens (tertiary/aromatic N) is 1. The number of rotatable bonds is 5. The monoisotopic (exact) mass is 201 g/mol. The summed E-state index contributed by atoms with van der Waals surface area (Å²) in [7, 11) is 0. The van der Waals surface area contributed by atoms with E-state index in [1.54, 1.807) is 6.92 Å². The van der Waals surface area contributed by atoms with Crippen LogP contribution in [-0.4, -0.2) is 36.5 Å². The molecule has 0 aromatic rings. The molecule has 0 aromatic heterocycles. The van der Waals surface area contributed by atoms with E-state index in [0.717, 1.165) is 12.8 Å². The normalized spacial score (nSPS) is 9.64. The van der Waals surface area contributed by atoms with Crippen LogP contribution < -0.4 is 0 Å². The molecule has 0 fully saturated rings. The second-order valence-corrected chi connectivity index (χ2v) is 2.96. The van der Waals surface area contributed by atoms with Crippen molar-refractivity contribution >= 4 is 11.9 Å². The zero-order valence-corrected chi connectivity index (χ0v) is 9.21. The molecule has 4 heteroatoms. The Morgan fingerprint density at radius 2 is 1.86 bits per heavy atom. The average molecular weight is 201 g/mol. The van der Waals surface area contributed by atoms with Crippen molar-refractivity contribution in [2.24, 2.45) is 0 Å². The van der Waals surface area contributed by atoms with E-state index in [2.05, 4.69) is 4.74 Å². The number of carbonyl (C=O) groups is 2. The third-order valence-corrected chi connectivity index (χ3v) is 1.90. The Morgan fingerprint density at radius 1 is 1.21 bits per heavy atom. The van der Waals surface area contributed by atoms with Crippen LogP contribution in [0.15, 0.2) is 0 Å². The van der Waals surface area contributed by atoms with Gasteiger partial charge in [-0.25, -0.2) is 4.79 Å². The van der Waals surface area contributed by atoms with Crippen LogP contribution in [-0.2, 0) is 14.3 Å². The third-order valence-electron chi connectivity index (χ3n) is 1.90. The molecule has 0 bridgehead atoms. The Bertz CT molecular complexity index is 192. The number of esters is 1. The van der Waals surface area contributed by atoms with Gasteiger partial charge in [0.05, 0.1) is 6.61 Å². The number of likely N-dealkylation sites (N-methyl/N-ethyl adjacent to an activating group) is 1. The predicted octanol–water partition coefficient (Wildman–Crippen LogP) is 1.20. The van der Waals surface area contributed by atoms with Gasteiger partial charge in [-0.1, -0.05) is 13.3 Å². The first kappa shape index (κ1) is 12.9. The zero-order chi connectivity index (χ0) is 11.0. The summed E-state index contributed by atoms with van der Waals surface area (Å²) in [5.41, 5.74) is 0. The SMILES string of the molecule is CCCCN(CC)C(=O)C(=O)OCC. The van der Waals surface area contributed by atoms with E-state index in [-0.39, 0.29) is 6.61 Å². The van der Waals surface area contributed by atoms with E-state index in [9.17, 15) is 9.59 Å². The van der Waals surface area contributed by atoms with Gasteiger partial charge in [0.1, 0.15) is 0 Å². The molecule has 0 aromatic carbocycles. The van der Waals surface area contributed by atoms with Gasteiger partial charge in [0, 0.05) is 13.1 Å². The topological polar surface area (TPSA) is 46.6 Å². The van der Waals surface area contributed by atoms with Crippen molar-refractivity contribution < 1.29 is 14.3 Å². The van der Waals surface area contributed by atoms with Crippen molar-refractivity contribution in [3.8, 4) is 0 Å². The highest BCUT2D eigenvalue weighted by Crippen LogP contribution is 1.97. The van der Waals surface area contributed by atoms with Crippen LogP contribution in [0, 0.1) is 0 Å². The molecule has 0 N–H and O–H groups in total. The van der Waals surface area contributed by atoms with Crippen molar-refractivity contribution in [3.63, 3.8) is 0 Å². The van der Waals surface area contributed by atoms with Gasteiger partial charge in [-0.15, -0.1) is 0 Å². The lowest BCUT2D eigenvalue weighted by molar-refractivity contribution is -0.159. The maximum Gasteiger partial charge on any atom is 0.397 e. The second-order valence-electron chi connectivity index (χ2n) is 2.96. The van der Waals surface area contributed by atoms with Crippen LogP contribution in [0.5, 0.6) is 0 Å². The van der Waals surface area contributed by atoms with Crippen molar-refractivity contribution in [1.29, 1.82) is 0 Å². The predicted molar refractivity (Wildman–Crippen MR) is 53.8 cm³/mol. The molecule has 0 aliphatic carbocycles. The second kappa shape index (κ2) is 7.35.